The van der Waals surface area contributed by atoms with Crippen molar-refractivity contribution >= 4 is 93.8 Å². The molecule has 0 nitrogen and oxygen atoms in total. The van der Waals surface area contributed by atoms with Gasteiger partial charge in [-0.3, -0.25) is 0 Å². The Morgan fingerprint density at radius 1 is 0.405 bits per heavy atom. The Morgan fingerprint density at radius 2 is 0.784 bits per heavy atom. The summed E-state index contributed by atoms with van der Waals surface area (Å²) in [5.41, 5.74) is 0. The fraction of sp³-hybridized carbons (Fsp3) is 0.0857. The van der Waals surface area contributed by atoms with E-state index < -0.39 is 8.07 Å². The van der Waals surface area contributed by atoms with Gasteiger partial charge in [-0.15, -0.1) is 0 Å². The lowest BCUT2D eigenvalue weighted by atomic mass is 9.94. The molecule has 0 spiro atoms. The summed E-state index contributed by atoms with van der Waals surface area (Å²) < 4.78 is 1.17. The molecule has 2 heteroatoms. The van der Waals surface area contributed by atoms with Gasteiger partial charge in [0.25, 0.3) is 0 Å². The monoisotopic (exact) mass is 554 g/mol. The Kier molecular flexibility index (Phi) is 5.08. The highest BCUT2D eigenvalue weighted by Gasteiger charge is 2.20. The number of benzene rings is 8. The van der Waals surface area contributed by atoms with Crippen molar-refractivity contribution in [1.82, 2.24) is 0 Å². The largest absolute Gasteiger partial charge is 0.0784 e. The van der Waals surface area contributed by atoms with E-state index >= 15 is 0 Å². The first-order valence-electron chi connectivity index (χ1n) is 12.9. The van der Waals surface area contributed by atoms with Gasteiger partial charge in [-0.2, -0.15) is 0 Å². The van der Waals surface area contributed by atoms with Gasteiger partial charge in [0.1, 0.15) is 0 Å². The fourth-order valence-electron chi connectivity index (χ4n) is 6.09. The summed E-state index contributed by atoms with van der Waals surface area (Å²) in [5, 5.41) is 18.0. The van der Waals surface area contributed by atoms with E-state index in [0.717, 1.165) is 0 Å². The molecule has 8 aromatic carbocycles. The van der Waals surface area contributed by atoms with Crippen molar-refractivity contribution < 1.29 is 0 Å². The minimum absolute atomic E-state index is 1.17. The third kappa shape index (κ3) is 3.54. The highest BCUT2D eigenvalue weighted by Crippen LogP contribution is 2.37. The average molecular weight is 556 g/mol. The van der Waals surface area contributed by atoms with Crippen LogP contribution in [0.5, 0.6) is 0 Å². The van der Waals surface area contributed by atoms with E-state index in [1.807, 2.05) is 0 Å². The van der Waals surface area contributed by atoms with E-state index in [1.165, 1.54) is 69.1 Å². The van der Waals surface area contributed by atoms with Crippen LogP contribution in [0.25, 0.3) is 64.6 Å². The number of hydrogen-bond donors (Lipinski definition) is 0. The topological polar surface area (TPSA) is 0 Å². The SMILES string of the molecule is Brc1ccc2ccc3cccc4ccc1c2c34.C[Si](C)(C)c1ccc2ccc3cccc4ccc1c2c34. The molecule has 0 heterocycles. The molecule has 0 fully saturated rings. The first kappa shape index (κ1) is 22.7. The van der Waals surface area contributed by atoms with Gasteiger partial charge in [0.15, 0.2) is 0 Å². The van der Waals surface area contributed by atoms with E-state index in [-0.39, 0.29) is 0 Å². The van der Waals surface area contributed by atoms with E-state index in [4.69, 9.17) is 0 Å². The summed E-state index contributed by atoms with van der Waals surface area (Å²) in [6.45, 7) is 7.29. The van der Waals surface area contributed by atoms with Gasteiger partial charge >= 0.3 is 0 Å². The second-order valence-corrected chi connectivity index (χ2v) is 17.0. The second kappa shape index (κ2) is 8.27. The molecule has 0 aliphatic heterocycles. The lowest BCUT2D eigenvalue weighted by Crippen LogP contribution is -2.38. The predicted octanol–water partition coefficient (Wildman–Crippen LogP) is 10.5. The van der Waals surface area contributed by atoms with Crippen LogP contribution in [0.2, 0.25) is 19.6 Å². The van der Waals surface area contributed by atoms with Crippen LogP contribution in [0, 0.1) is 0 Å². The lowest BCUT2D eigenvalue weighted by molar-refractivity contribution is 1.73. The Labute approximate surface area is 226 Å². The summed E-state index contributed by atoms with van der Waals surface area (Å²) in [4.78, 5) is 0. The molecule has 0 bridgehead atoms. The Balaban J connectivity index is 0.000000126. The average Bonchev–Trinajstić information content (AvgIpc) is 2.91. The van der Waals surface area contributed by atoms with Crippen LogP contribution in [0.4, 0.5) is 0 Å². The standard InChI is InChI=1S/C19H18Si.C16H9Br/c1-20(2,3)17-12-10-15-8-7-13-5-4-6-14-9-11-16(17)19(15)18(13)14;17-14-9-7-12-5-4-10-2-1-3-11-6-8-13(14)16(12)15(10)11/h4-12H,1-3H3;1-9H. The molecule has 0 unspecified atom stereocenters. The zero-order valence-corrected chi connectivity index (χ0v) is 23.9. The van der Waals surface area contributed by atoms with Crippen LogP contribution in [0.3, 0.4) is 0 Å². The maximum atomic E-state index is 3.64. The Hall–Kier alpha value is -3.46. The molecule has 0 atom stereocenters. The van der Waals surface area contributed by atoms with Gasteiger partial charge in [0.05, 0.1) is 8.07 Å². The van der Waals surface area contributed by atoms with Crippen molar-refractivity contribution in [1.29, 1.82) is 0 Å². The predicted molar refractivity (Wildman–Crippen MR) is 171 cm³/mol. The molecule has 178 valence electrons. The summed E-state index contributed by atoms with van der Waals surface area (Å²) in [7, 11) is -1.33. The molecule has 0 amide bonds. The molecule has 8 rings (SSSR count). The van der Waals surface area contributed by atoms with Gasteiger partial charge in [-0.05, 0) is 70.7 Å². The molecule has 0 aliphatic rings. The molecule has 0 saturated heterocycles. The van der Waals surface area contributed by atoms with Crippen molar-refractivity contribution in [3.63, 3.8) is 0 Å². The molecular weight excluding hydrogens is 528 g/mol. The van der Waals surface area contributed by atoms with E-state index in [9.17, 15) is 0 Å². The van der Waals surface area contributed by atoms with Crippen LogP contribution in [0.15, 0.2) is 114 Å². The zero-order valence-electron chi connectivity index (χ0n) is 21.3. The van der Waals surface area contributed by atoms with Crippen molar-refractivity contribution in [2.75, 3.05) is 0 Å². The van der Waals surface area contributed by atoms with Gasteiger partial charge in [-0.25, -0.2) is 0 Å². The molecule has 37 heavy (non-hydrogen) atoms. The van der Waals surface area contributed by atoms with Gasteiger partial charge in [-0.1, -0.05) is 144 Å². The third-order valence-corrected chi connectivity index (χ3v) is 10.6. The number of halogens is 1. The summed E-state index contributed by atoms with van der Waals surface area (Å²) >= 11 is 3.64. The van der Waals surface area contributed by atoms with Crippen molar-refractivity contribution in [2.24, 2.45) is 0 Å². The minimum Gasteiger partial charge on any atom is -0.0656 e. The minimum atomic E-state index is -1.33. The van der Waals surface area contributed by atoms with Crippen molar-refractivity contribution in [2.45, 2.75) is 19.6 Å². The molecule has 0 saturated carbocycles. The van der Waals surface area contributed by atoms with Crippen molar-refractivity contribution in [3.8, 4) is 0 Å². The molecule has 0 aliphatic carbocycles. The lowest BCUT2D eigenvalue weighted by Gasteiger charge is -2.21. The fourth-order valence-corrected chi connectivity index (χ4v) is 8.15. The summed E-state index contributed by atoms with van der Waals surface area (Å²) in [5.74, 6) is 0. The molecule has 8 aromatic rings. The highest BCUT2D eigenvalue weighted by atomic mass is 79.9. The van der Waals surface area contributed by atoms with Crippen LogP contribution < -0.4 is 5.19 Å². The highest BCUT2D eigenvalue weighted by molar-refractivity contribution is 9.10. The van der Waals surface area contributed by atoms with Crippen molar-refractivity contribution in [3.05, 3.63) is 114 Å². The first-order chi connectivity index (χ1) is 17.9. The Bertz CT molecular complexity index is 2050. The number of hydrogen-bond acceptors (Lipinski definition) is 0. The molecule has 0 aromatic heterocycles. The van der Waals surface area contributed by atoms with E-state index in [0.29, 0.717) is 0 Å². The quantitative estimate of drug-likeness (QED) is 0.140. The van der Waals surface area contributed by atoms with Gasteiger partial charge in [0, 0.05) is 4.47 Å². The third-order valence-electron chi connectivity index (χ3n) is 7.81. The smallest absolute Gasteiger partial charge is 0.0656 e. The molecular formula is C35H27BrSi. The second-order valence-electron chi connectivity index (χ2n) is 11.1. The van der Waals surface area contributed by atoms with Gasteiger partial charge < -0.3 is 0 Å². The molecule has 0 radical (unpaired) electrons. The number of rotatable bonds is 1. The molecule has 0 N–H and O–H groups in total. The van der Waals surface area contributed by atoms with E-state index in [2.05, 4.69) is 145 Å². The summed E-state index contributed by atoms with van der Waals surface area (Å²) in [6, 6.07) is 40.0. The normalized spacial score (nSPS) is 12.3. The van der Waals surface area contributed by atoms with Crippen LogP contribution in [-0.4, -0.2) is 8.07 Å². The van der Waals surface area contributed by atoms with Crippen LogP contribution in [0.1, 0.15) is 0 Å². The van der Waals surface area contributed by atoms with Crippen LogP contribution in [-0.2, 0) is 0 Å². The van der Waals surface area contributed by atoms with Crippen LogP contribution >= 0.6 is 15.9 Å². The maximum absolute atomic E-state index is 3.64. The Morgan fingerprint density at radius 3 is 1.30 bits per heavy atom. The van der Waals surface area contributed by atoms with E-state index in [1.54, 1.807) is 5.19 Å². The van der Waals surface area contributed by atoms with Gasteiger partial charge in [0.2, 0.25) is 0 Å². The zero-order chi connectivity index (χ0) is 25.3. The maximum Gasteiger partial charge on any atom is 0.0784 e. The first-order valence-corrected chi connectivity index (χ1v) is 17.2. The summed E-state index contributed by atoms with van der Waals surface area (Å²) in [6.07, 6.45) is 0.